The summed E-state index contributed by atoms with van der Waals surface area (Å²) in [4.78, 5) is 26.9. The van der Waals surface area contributed by atoms with E-state index in [1.807, 2.05) is 0 Å². The van der Waals surface area contributed by atoms with Gasteiger partial charge in [-0.1, -0.05) is 12.1 Å². The molecule has 0 unspecified atom stereocenters. The summed E-state index contributed by atoms with van der Waals surface area (Å²) >= 11 is 0. The third kappa shape index (κ3) is 3.97. The molecule has 1 amide bonds. The average Bonchev–Trinajstić information content (AvgIpc) is 2.49. The quantitative estimate of drug-likeness (QED) is 0.661. The molecular weight excluding hydrogens is 298 g/mol. The number of amides is 1. The van der Waals surface area contributed by atoms with Crippen molar-refractivity contribution in [1.29, 1.82) is 0 Å². The lowest BCUT2D eigenvalue weighted by Crippen LogP contribution is -2.34. The molecule has 7 nitrogen and oxygen atoms in total. The highest BCUT2D eigenvalue weighted by Gasteiger charge is 2.16. The van der Waals surface area contributed by atoms with Gasteiger partial charge in [0.25, 0.3) is 5.91 Å². The largest absolute Gasteiger partial charge is 0.507 e. The summed E-state index contributed by atoms with van der Waals surface area (Å²) in [7, 11) is 0. The molecule has 0 saturated heterocycles. The van der Waals surface area contributed by atoms with Crippen molar-refractivity contribution in [3.05, 3.63) is 53.2 Å². The Labute approximate surface area is 132 Å². The smallest absolute Gasteiger partial charge is 0.339 e. The van der Waals surface area contributed by atoms with Gasteiger partial charge in [0.2, 0.25) is 0 Å². The number of anilines is 1. The maximum Gasteiger partial charge on any atom is 0.339 e. The number of rotatable bonds is 5. The monoisotopic (exact) mass is 315 g/mol. The summed E-state index contributed by atoms with van der Waals surface area (Å²) in [5.41, 5.74) is 6.13. The standard InChI is InChI=1S/C16H17N3O4/c1-9(19-15(21)11-5-6-13(17)18-8-11)7-10-3-2-4-12(14(10)20)16(22)23/h2-6,8-9,20H,7H2,1H3,(H2,17,18)(H,19,21)(H,22,23)/t9-/m1/s1. The Balaban J connectivity index is 2.06. The lowest BCUT2D eigenvalue weighted by atomic mass is 10.0. The van der Waals surface area contributed by atoms with Crippen LogP contribution in [-0.4, -0.2) is 33.1 Å². The number of nitrogens with one attached hydrogen (secondary N) is 1. The Morgan fingerprint density at radius 1 is 1.30 bits per heavy atom. The SMILES string of the molecule is C[C@H](Cc1cccc(C(=O)O)c1O)NC(=O)c1ccc(N)nc1. The molecule has 1 aromatic heterocycles. The molecule has 0 bridgehead atoms. The van der Waals surface area contributed by atoms with E-state index in [1.165, 1.54) is 18.3 Å². The number of nitrogens with zero attached hydrogens (tertiary/aromatic N) is 1. The molecule has 1 aromatic carbocycles. The number of aromatic nitrogens is 1. The van der Waals surface area contributed by atoms with Crippen molar-refractivity contribution in [1.82, 2.24) is 10.3 Å². The normalized spacial score (nSPS) is 11.7. The van der Waals surface area contributed by atoms with E-state index < -0.39 is 5.97 Å². The fourth-order valence-electron chi connectivity index (χ4n) is 2.16. The molecular formula is C16H17N3O4. The van der Waals surface area contributed by atoms with Crippen LogP contribution in [0.5, 0.6) is 5.75 Å². The second-order valence-electron chi connectivity index (χ2n) is 5.17. The number of aromatic carboxylic acids is 1. The van der Waals surface area contributed by atoms with Crippen LogP contribution >= 0.6 is 0 Å². The zero-order chi connectivity index (χ0) is 17.0. The van der Waals surface area contributed by atoms with Gasteiger partial charge in [-0.15, -0.1) is 0 Å². The van der Waals surface area contributed by atoms with Crippen LogP contribution in [0.1, 0.15) is 33.2 Å². The topological polar surface area (TPSA) is 126 Å². The van der Waals surface area contributed by atoms with Gasteiger partial charge in [0.1, 0.15) is 17.1 Å². The van der Waals surface area contributed by atoms with E-state index >= 15 is 0 Å². The molecule has 7 heteroatoms. The third-order valence-electron chi connectivity index (χ3n) is 3.30. The number of phenols is 1. The van der Waals surface area contributed by atoms with Gasteiger partial charge in [0.15, 0.2) is 0 Å². The fraction of sp³-hybridized carbons (Fsp3) is 0.188. The van der Waals surface area contributed by atoms with Crippen molar-refractivity contribution in [3.63, 3.8) is 0 Å². The van der Waals surface area contributed by atoms with Crippen LogP contribution in [0.25, 0.3) is 0 Å². The van der Waals surface area contributed by atoms with Crippen molar-refractivity contribution in [2.45, 2.75) is 19.4 Å². The second-order valence-corrected chi connectivity index (χ2v) is 5.17. The number of nitrogens with two attached hydrogens (primary N) is 1. The molecule has 120 valence electrons. The van der Waals surface area contributed by atoms with E-state index in [0.717, 1.165) is 0 Å². The van der Waals surface area contributed by atoms with E-state index in [0.29, 0.717) is 23.4 Å². The van der Waals surface area contributed by atoms with Crippen LogP contribution in [-0.2, 0) is 6.42 Å². The highest BCUT2D eigenvalue weighted by Crippen LogP contribution is 2.23. The number of hydrogen-bond donors (Lipinski definition) is 4. The van der Waals surface area contributed by atoms with Crippen LogP contribution in [0.15, 0.2) is 36.5 Å². The molecule has 0 radical (unpaired) electrons. The number of para-hydroxylation sites is 1. The van der Waals surface area contributed by atoms with Crippen LogP contribution in [0.2, 0.25) is 0 Å². The first-order valence-electron chi connectivity index (χ1n) is 6.95. The lowest BCUT2D eigenvalue weighted by molar-refractivity contribution is 0.0693. The summed E-state index contributed by atoms with van der Waals surface area (Å²) in [5.74, 6) is -1.48. The van der Waals surface area contributed by atoms with Crippen molar-refractivity contribution in [3.8, 4) is 5.75 Å². The first-order chi connectivity index (χ1) is 10.9. The van der Waals surface area contributed by atoms with Gasteiger partial charge in [-0.2, -0.15) is 0 Å². The second kappa shape index (κ2) is 6.78. The predicted octanol–water partition coefficient (Wildman–Crippen LogP) is 1.43. The summed E-state index contributed by atoms with van der Waals surface area (Å²) in [6.07, 6.45) is 1.67. The number of aromatic hydroxyl groups is 1. The molecule has 2 aromatic rings. The van der Waals surface area contributed by atoms with Crippen LogP contribution in [0, 0.1) is 0 Å². The van der Waals surface area contributed by atoms with Crippen LogP contribution in [0.3, 0.4) is 0 Å². The summed E-state index contributed by atoms with van der Waals surface area (Å²) in [6, 6.07) is 7.28. The van der Waals surface area contributed by atoms with E-state index in [1.54, 1.807) is 25.1 Å². The van der Waals surface area contributed by atoms with Gasteiger partial charge in [-0.05, 0) is 37.1 Å². The molecule has 0 aliphatic carbocycles. The number of carboxylic acids is 1. The van der Waals surface area contributed by atoms with Crippen LogP contribution < -0.4 is 11.1 Å². The maximum atomic E-state index is 12.1. The Morgan fingerprint density at radius 2 is 2.04 bits per heavy atom. The number of benzene rings is 1. The van der Waals surface area contributed by atoms with Gasteiger partial charge >= 0.3 is 5.97 Å². The first-order valence-corrected chi connectivity index (χ1v) is 6.95. The molecule has 23 heavy (non-hydrogen) atoms. The first kappa shape index (κ1) is 16.3. The molecule has 0 fully saturated rings. The molecule has 0 aliphatic rings. The molecule has 0 spiro atoms. The number of carbonyl (C=O) groups excluding carboxylic acids is 1. The molecule has 1 heterocycles. The number of hydrogen-bond acceptors (Lipinski definition) is 5. The Morgan fingerprint density at radius 3 is 2.65 bits per heavy atom. The number of pyridine rings is 1. The minimum absolute atomic E-state index is 0.163. The van der Waals surface area contributed by atoms with Crippen molar-refractivity contribution in [2.75, 3.05) is 5.73 Å². The van der Waals surface area contributed by atoms with Gasteiger partial charge in [0, 0.05) is 12.2 Å². The van der Waals surface area contributed by atoms with Gasteiger partial charge in [-0.25, -0.2) is 9.78 Å². The van der Waals surface area contributed by atoms with Crippen molar-refractivity contribution in [2.24, 2.45) is 0 Å². The van der Waals surface area contributed by atoms with Gasteiger partial charge < -0.3 is 21.3 Å². The van der Waals surface area contributed by atoms with E-state index in [-0.39, 0.29) is 23.3 Å². The zero-order valence-electron chi connectivity index (χ0n) is 12.5. The third-order valence-corrected chi connectivity index (χ3v) is 3.30. The molecule has 5 N–H and O–H groups in total. The predicted molar refractivity (Wildman–Crippen MR) is 84.3 cm³/mol. The molecule has 0 saturated carbocycles. The van der Waals surface area contributed by atoms with E-state index in [4.69, 9.17) is 10.8 Å². The molecule has 0 aliphatic heterocycles. The number of nitrogen functional groups attached to an aromatic ring is 1. The minimum atomic E-state index is -1.20. The highest BCUT2D eigenvalue weighted by molar-refractivity contribution is 5.94. The maximum absolute atomic E-state index is 12.1. The minimum Gasteiger partial charge on any atom is -0.507 e. The Bertz CT molecular complexity index is 729. The summed E-state index contributed by atoms with van der Waals surface area (Å²) in [6.45, 7) is 1.76. The highest BCUT2D eigenvalue weighted by atomic mass is 16.4. The van der Waals surface area contributed by atoms with E-state index in [2.05, 4.69) is 10.3 Å². The van der Waals surface area contributed by atoms with Crippen LogP contribution in [0.4, 0.5) is 5.82 Å². The number of carbonyl (C=O) groups is 2. The van der Waals surface area contributed by atoms with Gasteiger partial charge in [0.05, 0.1) is 5.56 Å². The average molecular weight is 315 g/mol. The summed E-state index contributed by atoms with van der Waals surface area (Å²) in [5, 5.41) is 21.7. The molecule has 1 atom stereocenters. The zero-order valence-corrected chi connectivity index (χ0v) is 12.5. The molecule has 2 rings (SSSR count). The summed E-state index contributed by atoms with van der Waals surface area (Å²) < 4.78 is 0. The van der Waals surface area contributed by atoms with Crippen molar-refractivity contribution >= 4 is 17.7 Å². The van der Waals surface area contributed by atoms with Gasteiger partial charge in [-0.3, -0.25) is 4.79 Å². The Hall–Kier alpha value is -3.09. The lowest BCUT2D eigenvalue weighted by Gasteiger charge is -2.15. The fourth-order valence-corrected chi connectivity index (χ4v) is 2.16. The van der Waals surface area contributed by atoms with E-state index in [9.17, 15) is 14.7 Å². The number of carboxylic acid groups (broad SMARTS) is 1. The Kier molecular flexibility index (Phi) is 4.80. The van der Waals surface area contributed by atoms with Crippen molar-refractivity contribution < 1.29 is 19.8 Å².